The van der Waals surface area contributed by atoms with Crippen LogP contribution >= 0.6 is 23.2 Å². The number of alkyl halides is 2. The fraction of sp³-hybridized carbons (Fsp3) is 0.231. The molecule has 96 valence electrons. The van der Waals surface area contributed by atoms with Crippen molar-refractivity contribution < 1.29 is 14.7 Å². The molecule has 0 bridgehead atoms. The van der Waals surface area contributed by atoms with Gasteiger partial charge in [-0.3, -0.25) is 4.79 Å². The van der Waals surface area contributed by atoms with Gasteiger partial charge in [-0.25, -0.2) is 4.79 Å². The lowest BCUT2D eigenvalue weighted by molar-refractivity contribution is -0.131. The molecule has 0 aliphatic heterocycles. The maximum atomic E-state index is 11.3. The van der Waals surface area contributed by atoms with Crippen LogP contribution in [-0.4, -0.2) is 16.9 Å². The summed E-state index contributed by atoms with van der Waals surface area (Å²) in [6.45, 7) is 1.39. The van der Waals surface area contributed by atoms with Crippen molar-refractivity contribution in [3.63, 3.8) is 0 Å². The molecule has 1 rings (SSSR count). The van der Waals surface area contributed by atoms with Crippen molar-refractivity contribution in [2.45, 2.75) is 18.2 Å². The summed E-state index contributed by atoms with van der Waals surface area (Å²) in [7, 11) is 0. The number of hydrogen-bond donors (Lipinski definition) is 1. The smallest absolute Gasteiger partial charge is 0.328 e. The number of benzene rings is 1. The standard InChI is InChI=1S/C13H12Cl2O3/c1-8(16)13(15)11-4-2-9(7-14)6-10(11)3-5-12(17)18/h2-6,13H,7H2,1H3,(H,17,18). The van der Waals surface area contributed by atoms with E-state index in [9.17, 15) is 9.59 Å². The average Bonchev–Trinajstić information content (AvgIpc) is 2.34. The van der Waals surface area contributed by atoms with Gasteiger partial charge in [0.15, 0.2) is 5.78 Å². The molecule has 0 heterocycles. The molecule has 3 nitrogen and oxygen atoms in total. The molecule has 18 heavy (non-hydrogen) atoms. The Morgan fingerprint density at radius 2 is 2.11 bits per heavy atom. The lowest BCUT2D eigenvalue weighted by atomic mass is 9.99. The Kier molecular flexibility index (Phi) is 5.38. The molecule has 1 N–H and O–H groups in total. The molecule has 0 spiro atoms. The number of carboxylic acids is 1. The highest BCUT2D eigenvalue weighted by Gasteiger charge is 2.16. The maximum absolute atomic E-state index is 11.3. The monoisotopic (exact) mass is 286 g/mol. The third-order valence-corrected chi connectivity index (χ3v) is 3.19. The first-order valence-electron chi connectivity index (χ1n) is 5.20. The van der Waals surface area contributed by atoms with E-state index in [0.717, 1.165) is 11.6 Å². The van der Waals surface area contributed by atoms with Gasteiger partial charge in [0.1, 0.15) is 5.38 Å². The summed E-state index contributed by atoms with van der Waals surface area (Å²) >= 11 is 11.7. The minimum atomic E-state index is -1.06. The van der Waals surface area contributed by atoms with Crippen LogP contribution in [0.1, 0.15) is 29.0 Å². The van der Waals surface area contributed by atoms with Gasteiger partial charge in [-0.05, 0) is 29.7 Å². The molecule has 0 saturated heterocycles. The first-order chi connectivity index (χ1) is 8.45. The highest BCUT2D eigenvalue weighted by molar-refractivity contribution is 6.31. The molecule has 1 atom stereocenters. The van der Waals surface area contributed by atoms with Crippen LogP contribution in [0.4, 0.5) is 0 Å². The molecular weight excluding hydrogens is 275 g/mol. The van der Waals surface area contributed by atoms with Gasteiger partial charge < -0.3 is 5.11 Å². The quantitative estimate of drug-likeness (QED) is 0.667. The Bertz CT molecular complexity index is 495. The molecule has 0 radical (unpaired) electrons. The summed E-state index contributed by atoms with van der Waals surface area (Å²) in [6.07, 6.45) is 2.41. The number of rotatable bonds is 5. The molecular formula is C13H12Cl2O3. The van der Waals surface area contributed by atoms with Crippen LogP contribution in [0.3, 0.4) is 0 Å². The minimum Gasteiger partial charge on any atom is -0.478 e. The van der Waals surface area contributed by atoms with Gasteiger partial charge in [-0.2, -0.15) is 0 Å². The molecule has 0 aliphatic rings. The van der Waals surface area contributed by atoms with E-state index >= 15 is 0 Å². The van der Waals surface area contributed by atoms with E-state index in [2.05, 4.69) is 0 Å². The van der Waals surface area contributed by atoms with Crippen LogP contribution < -0.4 is 0 Å². The summed E-state index contributed by atoms with van der Waals surface area (Å²) in [5.41, 5.74) is 2.00. The number of carbonyl (C=O) groups excluding carboxylic acids is 1. The van der Waals surface area contributed by atoms with Gasteiger partial charge >= 0.3 is 5.97 Å². The topological polar surface area (TPSA) is 54.4 Å². The SMILES string of the molecule is CC(=O)C(Cl)c1ccc(CCl)cc1C=CC(=O)O. The molecule has 0 aromatic heterocycles. The lowest BCUT2D eigenvalue weighted by Gasteiger charge is -2.11. The zero-order chi connectivity index (χ0) is 13.7. The molecule has 1 aromatic rings. The summed E-state index contributed by atoms with van der Waals surface area (Å²) in [4.78, 5) is 21.8. The lowest BCUT2D eigenvalue weighted by Crippen LogP contribution is -2.04. The van der Waals surface area contributed by atoms with E-state index in [0.29, 0.717) is 17.0 Å². The first-order valence-corrected chi connectivity index (χ1v) is 6.17. The van der Waals surface area contributed by atoms with E-state index in [4.69, 9.17) is 28.3 Å². The number of hydrogen-bond acceptors (Lipinski definition) is 2. The van der Waals surface area contributed by atoms with Gasteiger partial charge in [-0.1, -0.05) is 18.2 Å². The Balaban J connectivity index is 3.24. The largest absolute Gasteiger partial charge is 0.478 e. The number of carbonyl (C=O) groups is 2. The highest BCUT2D eigenvalue weighted by Crippen LogP contribution is 2.27. The van der Waals surface area contributed by atoms with Crippen molar-refractivity contribution in [1.29, 1.82) is 0 Å². The van der Waals surface area contributed by atoms with Gasteiger partial charge in [0, 0.05) is 12.0 Å². The molecule has 0 saturated carbocycles. The van der Waals surface area contributed by atoms with Crippen molar-refractivity contribution in [2.24, 2.45) is 0 Å². The zero-order valence-electron chi connectivity index (χ0n) is 9.69. The molecule has 0 amide bonds. The second-order valence-corrected chi connectivity index (χ2v) is 4.45. The number of halogens is 2. The summed E-state index contributed by atoms with van der Waals surface area (Å²) in [5.74, 6) is -0.951. The van der Waals surface area contributed by atoms with Crippen molar-refractivity contribution in [2.75, 3.05) is 0 Å². The number of Topliss-reactive ketones (excluding diaryl/α,β-unsaturated/α-hetero) is 1. The van der Waals surface area contributed by atoms with E-state index in [1.165, 1.54) is 13.0 Å². The van der Waals surface area contributed by atoms with E-state index in [1.54, 1.807) is 18.2 Å². The molecule has 0 aliphatic carbocycles. The van der Waals surface area contributed by atoms with Crippen LogP contribution in [0.15, 0.2) is 24.3 Å². The minimum absolute atomic E-state index is 0.194. The second-order valence-electron chi connectivity index (χ2n) is 3.74. The Morgan fingerprint density at radius 1 is 1.44 bits per heavy atom. The molecule has 0 fully saturated rings. The fourth-order valence-electron chi connectivity index (χ4n) is 1.46. The molecule has 1 unspecified atom stereocenters. The molecule has 5 heteroatoms. The fourth-order valence-corrected chi connectivity index (χ4v) is 1.83. The number of aliphatic carboxylic acids is 1. The summed E-state index contributed by atoms with van der Waals surface area (Å²) in [6, 6.07) is 5.18. The van der Waals surface area contributed by atoms with E-state index in [1.807, 2.05) is 0 Å². The third-order valence-electron chi connectivity index (χ3n) is 2.34. The van der Waals surface area contributed by atoms with Crippen LogP contribution in [0.2, 0.25) is 0 Å². The average molecular weight is 287 g/mol. The predicted octanol–water partition coefficient (Wildman–Crippen LogP) is 3.39. The van der Waals surface area contributed by atoms with Gasteiger partial charge in [-0.15, -0.1) is 23.2 Å². The second kappa shape index (κ2) is 6.57. The van der Waals surface area contributed by atoms with Crippen LogP contribution in [0, 0.1) is 0 Å². The Hall–Kier alpha value is -1.32. The summed E-state index contributed by atoms with van der Waals surface area (Å²) < 4.78 is 0. The van der Waals surface area contributed by atoms with Gasteiger partial charge in [0.25, 0.3) is 0 Å². The predicted molar refractivity (Wildman–Crippen MR) is 71.9 cm³/mol. The van der Waals surface area contributed by atoms with Crippen LogP contribution in [0.25, 0.3) is 6.08 Å². The normalized spacial score (nSPS) is 12.6. The van der Waals surface area contributed by atoms with E-state index < -0.39 is 11.3 Å². The number of carboxylic acid groups (broad SMARTS) is 1. The molecule has 1 aromatic carbocycles. The zero-order valence-corrected chi connectivity index (χ0v) is 11.2. The van der Waals surface area contributed by atoms with Gasteiger partial charge in [0.2, 0.25) is 0 Å². The highest BCUT2D eigenvalue weighted by atomic mass is 35.5. The van der Waals surface area contributed by atoms with Crippen molar-refractivity contribution >= 4 is 41.0 Å². The van der Waals surface area contributed by atoms with E-state index in [-0.39, 0.29) is 5.78 Å². The van der Waals surface area contributed by atoms with Gasteiger partial charge in [0.05, 0.1) is 0 Å². The Labute approximate surface area is 115 Å². The van der Waals surface area contributed by atoms with Crippen molar-refractivity contribution in [1.82, 2.24) is 0 Å². The van der Waals surface area contributed by atoms with Crippen molar-refractivity contribution in [3.8, 4) is 0 Å². The van der Waals surface area contributed by atoms with Crippen LogP contribution in [-0.2, 0) is 15.5 Å². The van der Waals surface area contributed by atoms with Crippen molar-refractivity contribution in [3.05, 3.63) is 41.0 Å². The maximum Gasteiger partial charge on any atom is 0.328 e. The Morgan fingerprint density at radius 3 is 2.61 bits per heavy atom. The third kappa shape index (κ3) is 3.86. The van der Waals surface area contributed by atoms with Crippen LogP contribution in [0.5, 0.6) is 0 Å². The summed E-state index contributed by atoms with van der Waals surface area (Å²) in [5, 5.41) is 7.84. The number of ketones is 1. The first kappa shape index (κ1) is 14.7.